The summed E-state index contributed by atoms with van der Waals surface area (Å²) in [6.07, 6.45) is 7.11. The first-order chi connectivity index (χ1) is 22.3. The van der Waals surface area contributed by atoms with E-state index in [0.29, 0.717) is 24.2 Å². The van der Waals surface area contributed by atoms with Gasteiger partial charge >= 0.3 is 0 Å². The Labute approximate surface area is 268 Å². The quantitative estimate of drug-likeness (QED) is 0.177. The summed E-state index contributed by atoms with van der Waals surface area (Å²) in [7, 11) is 1.89. The molecule has 0 unspecified atom stereocenters. The van der Waals surface area contributed by atoms with Gasteiger partial charge in [0.25, 0.3) is 0 Å². The third-order valence-electron chi connectivity index (χ3n) is 8.28. The molecular weight excluding hydrogens is 582 g/mol. The lowest BCUT2D eigenvalue weighted by molar-refractivity contribution is -0.117. The minimum absolute atomic E-state index is 0.0385. The van der Waals surface area contributed by atoms with Crippen LogP contribution in [0.25, 0.3) is 22.2 Å². The summed E-state index contributed by atoms with van der Waals surface area (Å²) in [4.78, 5) is 38.9. The van der Waals surface area contributed by atoms with E-state index in [1.165, 1.54) is 0 Å². The van der Waals surface area contributed by atoms with Crippen LogP contribution in [-0.4, -0.2) is 84.3 Å². The van der Waals surface area contributed by atoms with Gasteiger partial charge in [0.05, 0.1) is 23.4 Å². The van der Waals surface area contributed by atoms with E-state index in [1.54, 1.807) is 17.2 Å². The molecule has 6 rings (SSSR count). The molecule has 0 radical (unpaired) electrons. The highest BCUT2D eigenvalue weighted by atomic mass is 16.5. The molecular formula is C33H41N11O2. The molecule has 13 heteroatoms. The molecule has 0 aliphatic carbocycles. The molecule has 0 spiro atoms. The molecule has 1 fully saturated rings. The normalized spacial score (nSPS) is 14.9. The predicted molar refractivity (Wildman–Crippen MR) is 180 cm³/mol. The molecule has 1 aliphatic rings. The van der Waals surface area contributed by atoms with Crippen LogP contribution in [0.15, 0.2) is 49.1 Å². The SMILES string of the molecule is CCCN(CC)c1cc(O[C@H]2CCN(CC(=O)Nc3cccc4c(-c5nc(Nc6cc(C)n(C)n6)ncc5C)c[nH]c34)C2)ncn1. The highest BCUT2D eigenvalue weighted by Crippen LogP contribution is 2.33. The summed E-state index contributed by atoms with van der Waals surface area (Å²) in [6.45, 7) is 11.7. The van der Waals surface area contributed by atoms with Crippen LogP contribution in [0.3, 0.4) is 0 Å². The summed E-state index contributed by atoms with van der Waals surface area (Å²) in [5.41, 5.74) is 5.25. The molecule has 1 amide bonds. The number of aromatic nitrogens is 7. The Kier molecular flexibility index (Phi) is 9.11. The van der Waals surface area contributed by atoms with Gasteiger partial charge in [-0.3, -0.25) is 14.4 Å². The summed E-state index contributed by atoms with van der Waals surface area (Å²) in [5.74, 6) is 2.51. The highest BCUT2D eigenvalue weighted by Gasteiger charge is 2.26. The van der Waals surface area contributed by atoms with Gasteiger partial charge in [0, 0.05) is 74.4 Å². The number of para-hydroxylation sites is 1. The monoisotopic (exact) mass is 623 g/mol. The van der Waals surface area contributed by atoms with Gasteiger partial charge in [-0.25, -0.2) is 19.9 Å². The van der Waals surface area contributed by atoms with E-state index in [0.717, 1.165) is 77.4 Å². The molecule has 13 nitrogen and oxygen atoms in total. The second kappa shape index (κ2) is 13.5. The lowest BCUT2D eigenvalue weighted by Crippen LogP contribution is -2.33. The van der Waals surface area contributed by atoms with E-state index < -0.39 is 0 Å². The molecule has 0 bridgehead atoms. The molecule has 5 heterocycles. The van der Waals surface area contributed by atoms with Gasteiger partial charge < -0.3 is 25.3 Å². The van der Waals surface area contributed by atoms with Gasteiger partial charge in [-0.15, -0.1) is 0 Å². The number of rotatable bonds is 12. The van der Waals surface area contributed by atoms with Crippen molar-refractivity contribution in [2.24, 2.45) is 7.05 Å². The fourth-order valence-corrected chi connectivity index (χ4v) is 5.84. The predicted octanol–water partition coefficient (Wildman–Crippen LogP) is 4.84. The van der Waals surface area contributed by atoms with Crippen molar-refractivity contribution in [3.63, 3.8) is 0 Å². The van der Waals surface area contributed by atoms with Crippen LogP contribution in [-0.2, 0) is 11.8 Å². The summed E-state index contributed by atoms with van der Waals surface area (Å²) in [6, 6.07) is 9.72. The first-order valence-electron chi connectivity index (χ1n) is 15.8. The van der Waals surface area contributed by atoms with Crippen molar-refractivity contribution in [1.82, 2.24) is 39.6 Å². The van der Waals surface area contributed by atoms with Gasteiger partial charge in [-0.05, 0) is 45.2 Å². The molecule has 4 aromatic heterocycles. The molecule has 1 atom stereocenters. The van der Waals surface area contributed by atoms with Crippen LogP contribution < -0.4 is 20.3 Å². The zero-order valence-electron chi connectivity index (χ0n) is 27.0. The lowest BCUT2D eigenvalue weighted by atomic mass is 10.1. The van der Waals surface area contributed by atoms with E-state index in [2.05, 4.69) is 59.3 Å². The number of H-pyrrole nitrogens is 1. The highest BCUT2D eigenvalue weighted by molar-refractivity contribution is 6.06. The van der Waals surface area contributed by atoms with E-state index in [9.17, 15) is 4.79 Å². The zero-order valence-corrected chi connectivity index (χ0v) is 27.0. The van der Waals surface area contributed by atoms with Crippen LogP contribution >= 0.6 is 0 Å². The standard InChI is InChI=1S/C33H41N11O2/c1-6-12-44(7-2)28-15-30(37-20-36-28)46-23-11-13-43(18-23)19-29(45)38-26-10-8-9-24-25(17-34-32(24)26)31-21(3)16-35-33(40-31)39-27-14-22(4)42(5)41-27/h8-10,14-17,20,23,34H,6-7,11-13,18-19H2,1-5H3,(H,38,45)(H,35,39,40,41)/t23-/m0/s1. The maximum absolute atomic E-state index is 13.2. The van der Waals surface area contributed by atoms with Crippen LogP contribution in [0.5, 0.6) is 5.88 Å². The summed E-state index contributed by atoms with van der Waals surface area (Å²) < 4.78 is 8.00. The third kappa shape index (κ3) is 6.79. The van der Waals surface area contributed by atoms with Crippen molar-refractivity contribution >= 4 is 40.1 Å². The summed E-state index contributed by atoms with van der Waals surface area (Å²) >= 11 is 0. The fraction of sp³-hybridized carbons (Fsp3) is 0.394. The van der Waals surface area contributed by atoms with Gasteiger partial charge in [0.2, 0.25) is 17.7 Å². The van der Waals surface area contributed by atoms with Crippen LogP contribution in [0, 0.1) is 13.8 Å². The second-order valence-electron chi connectivity index (χ2n) is 11.7. The van der Waals surface area contributed by atoms with Crippen molar-refractivity contribution in [2.75, 3.05) is 48.3 Å². The number of benzene rings is 1. The Morgan fingerprint density at radius 2 is 2.04 bits per heavy atom. The summed E-state index contributed by atoms with van der Waals surface area (Å²) in [5, 5.41) is 11.7. The van der Waals surface area contributed by atoms with Crippen molar-refractivity contribution < 1.29 is 9.53 Å². The van der Waals surface area contributed by atoms with Gasteiger partial charge in [-0.1, -0.05) is 19.1 Å². The number of carbonyl (C=O) groups is 1. The molecule has 46 heavy (non-hydrogen) atoms. The average molecular weight is 624 g/mol. The Bertz CT molecular complexity index is 1810. The second-order valence-corrected chi connectivity index (χ2v) is 11.7. The number of hydrogen-bond acceptors (Lipinski definition) is 10. The molecule has 0 saturated carbocycles. The molecule has 5 aromatic rings. The lowest BCUT2D eigenvalue weighted by Gasteiger charge is -2.21. The number of hydrogen-bond donors (Lipinski definition) is 3. The Hall–Kier alpha value is -5.04. The molecule has 1 aromatic carbocycles. The molecule has 240 valence electrons. The van der Waals surface area contributed by atoms with Crippen molar-refractivity contribution in [2.45, 2.75) is 46.6 Å². The number of aryl methyl sites for hydroxylation is 3. The Morgan fingerprint density at radius 1 is 1.17 bits per heavy atom. The fourth-order valence-electron chi connectivity index (χ4n) is 5.84. The smallest absolute Gasteiger partial charge is 0.238 e. The molecule has 1 aliphatic heterocycles. The number of nitrogens with one attached hydrogen (secondary N) is 3. The van der Waals surface area contributed by atoms with E-state index in [-0.39, 0.29) is 18.6 Å². The molecule has 3 N–H and O–H groups in total. The number of nitrogens with zero attached hydrogens (tertiary/aromatic N) is 8. The molecule has 1 saturated heterocycles. The van der Waals surface area contributed by atoms with E-state index in [1.807, 2.05) is 57.4 Å². The first-order valence-corrected chi connectivity index (χ1v) is 15.8. The minimum atomic E-state index is -0.0814. The third-order valence-corrected chi connectivity index (χ3v) is 8.28. The Morgan fingerprint density at radius 3 is 2.83 bits per heavy atom. The number of anilines is 4. The van der Waals surface area contributed by atoms with Gasteiger partial charge in [0.15, 0.2) is 5.82 Å². The van der Waals surface area contributed by atoms with Gasteiger partial charge in [-0.2, -0.15) is 5.10 Å². The number of fused-ring (bicyclic) bond motifs is 1. The van der Waals surface area contributed by atoms with Crippen LogP contribution in [0.1, 0.15) is 37.9 Å². The maximum Gasteiger partial charge on any atom is 0.238 e. The maximum atomic E-state index is 13.2. The van der Waals surface area contributed by atoms with Crippen molar-refractivity contribution in [3.05, 3.63) is 60.3 Å². The zero-order chi connectivity index (χ0) is 32.2. The number of ether oxygens (including phenoxy) is 1. The number of carbonyl (C=O) groups excluding carboxylic acids is 1. The number of aromatic amines is 1. The number of likely N-dealkylation sites (tertiary alicyclic amines) is 1. The van der Waals surface area contributed by atoms with E-state index >= 15 is 0 Å². The van der Waals surface area contributed by atoms with Crippen LogP contribution in [0.2, 0.25) is 0 Å². The number of amides is 1. The van der Waals surface area contributed by atoms with Crippen molar-refractivity contribution in [1.29, 1.82) is 0 Å². The largest absolute Gasteiger partial charge is 0.473 e. The van der Waals surface area contributed by atoms with E-state index in [4.69, 9.17) is 9.72 Å². The Balaban J connectivity index is 1.10. The first kappa shape index (κ1) is 31.0. The van der Waals surface area contributed by atoms with Crippen molar-refractivity contribution in [3.8, 4) is 17.1 Å². The topological polar surface area (TPSA) is 142 Å². The average Bonchev–Trinajstić information content (AvgIpc) is 3.76. The van der Waals surface area contributed by atoms with Gasteiger partial charge in [0.1, 0.15) is 18.2 Å². The minimum Gasteiger partial charge on any atom is -0.473 e. The van der Waals surface area contributed by atoms with Crippen LogP contribution in [0.4, 0.5) is 23.3 Å².